The maximum absolute atomic E-state index is 4.61. The van der Waals surface area contributed by atoms with Gasteiger partial charge in [0.25, 0.3) is 0 Å². The molecule has 0 aliphatic carbocycles. The summed E-state index contributed by atoms with van der Waals surface area (Å²) in [6.45, 7) is 6.51. The molecular formula is C16H22ClN5. The number of imidazole rings is 1. The minimum atomic E-state index is 0. The van der Waals surface area contributed by atoms with Crippen molar-refractivity contribution in [1.29, 1.82) is 0 Å². The second-order valence-corrected chi connectivity index (χ2v) is 5.91. The number of fused-ring (bicyclic) bond motifs is 3. The maximum Gasteiger partial charge on any atom is 0.233 e. The number of aryl methyl sites for hydroxylation is 1. The van der Waals surface area contributed by atoms with Crippen LogP contribution in [0.4, 0.5) is 0 Å². The number of hydrogen-bond acceptors (Lipinski definition) is 3. The summed E-state index contributed by atoms with van der Waals surface area (Å²) in [7, 11) is 0. The molecule has 6 heteroatoms. The van der Waals surface area contributed by atoms with Gasteiger partial charge in [-0.1, -0.05) is 18.6 Å². The highest BCUT2D eigenvalue weighted by atomic mass is 35.5. The lowest BCUT2D eigenvalue weighted by atomic mass is 10.1. The third kappa shape index (κ3) is 2.59. The molecule has 0 bridgehead atoms. The Kier molecular flexibility index (Phi) is 4.36. The van der Waals surface area contributed by atoms with Crippen LogP contribution in [-0.2, 0) is 6.54 Å². The van der Waals surface area contributed by atoms with E-state index in [0.29, 0.717) is 0 Å². The summed E-state index contributed by atoms with van der Waals surface area (Å²) in [4.78, 5) is 7.18. The van der Waals surface area contributed by atoms with Gasteiger partial charge in [0.15, 0.2) is 0 Å². The standard InChI is InChI=1S/C16H21N5.ClH/c1-13-17-16-20(12-11-19-9-5-2-6-10-19)14-7-3-4-8-15(14)21(16)18-13;/h3-4,7-8H,2,5-6,9-12H2,1H3;1H. The van der Waals surface area contributed by atoms with E-state index in [9.17, 15) is 0 Å². The molecule has 0 atom stereocenters. The van der Waals surface area contributed by atoms with Crippen LogP contribution in [0.2, 0.25) is 0 Å². The van der Waals surface area contributed by atoms with Crippen molar-refractivity contribution in [3.8, 4) is 0 Å². The van der Waals surface area contributed by atoms with Gasteiger partial charge in [-0.05, 0) is 45.0 Å². The highest BCUT2D eigenvalue weighted by Gasteiger charge is 2.15. The Bertz CT molecular complexity index is 769. The Balaban J connectivity index is 0.00000144. The Morgan fingerprint density at radius 2 is 1.73 bits per heavy atom. The molecule has 22 heavy (non-hydrogen) atoms. The van der Waals surface area contributed by atoms with Crippen LogP contribution in [-0.4, -0.2) is 43.7 Å². The summed E-state index contributed by atoms with van der Waals surface area (Å²) in [5, 5.41) is 4.53. The summed E-state index contributed by atoms with van der Waals surface area (Å²) in [6, 6.07) is 8.44. The molecule has 0 saturated carbocycles. The van der Waals surface area contributed by atoms with E-state index in [-0.39, 0.29) is 12.4 Å². The van der Waals surface area contributed by atoms with E-state index in [1.54, 1.807) is 0 Å². The zero-order valence-corrected chi connectivity index (χ0v) is 13.7. The van der Waals surface area contributed by atoms with Gasteiger partial charge >= 0.3 is 0 Å². The quantitative estimate of drug-likeness (QED) is 0.745. The molecule has 0 spiro atoms. The van der Waals surface area contributed by atoms with Crippen LogP contribution in [0.25, 0.3) is 16.8 Å². The fourth-order valence-electron chi connectivity index (χ4n) is 3.36. The van der Waals surface area contributed by atoms with Crippen molar-refractivity contribution >= 4 is 29.2 Å². The lowest BCUT2D eigenvalue weighted by Gasteiger charge is -2.26. The van der Waals surface area contributed by atoms with E-state index in [0.717, 1.165) is 30.2 Å². The molecule has 0 amide bonds. The van der Waals surface area contributed by atoms with E-state index < -0.39 is 0 Å². The molecule has 0 unspecified atom stereocenters. The molecule has 118 valence electrons. The topological polar surface area (TPSA) is 38.4 Å². The molecular weight excluding hydrogens is 298 g/mol. The first-order valence-electron chi connectivity index (χ1n) is 7.86. The predicted octanol–water partition coefficient (Wildman–Crippen LogP) is 2.90. The average molecular weight is 320 g/mol. The van der Waals surface area contributed by atoms with Crippen molar-refractivity contribution in [2.45, 2.75) is 32.7 Å². The molecule has 1 aliphatic heterocycles. The van der Waals surface area contributed by atoms with Crippen LogP contribution >= 0.6 is 12.4 Å². The minimum absolute atomic E-state index is 0. The molecule has 0 N–H and O–H groups in total. The fourth-order valence-corrected chi connectivity index (χ4v) is 3.36. The molecule has 2 aromatic heterocycles. The van der Waals surface area contributed by atoms with Crippen molar-refractivity contribution < 1.29 is 0 Å². The zero-order valence-electron chi connectivity index (χ0n) is 12.9. The lowest BCUT2D eigenvalue weighted by Crippen LogP contribution is -2.32. The van der Waals surface area contributed by atoms with Gasteiger partial charge in [-0.3, -0.25) is 0 Å². The minimum Gasteiger partial charge on any atom is -0.307 e. The van der Waals surface area contributed by atoms with Crippen molar-refractivity contribution in [3.05, 3.63) is 30.1 Å². The van der Waals surface area contributed by atoms with Crippen molar-refractivity contribution in [3.63, 3.8) is 0 Å². The molecule has 4 rings (SSSR count). The van der Waals surface area contributed by atoms with Gasteiger partial charge in [0.2, 0.25) is 5.78 Å². The van der Waals surface area contributed by atoms with Gasteiger partial charge in [0.1, 0.15) is 5.82 Å². The van der Waals surface area contributed by atoms with Crippen molar-refractivity contribution in [2.75, 3.05) is 19.6 Å². The van der Waals surface area contributed by atoms with Crippen molar-refractivity contribution in [2.24, 2.45) is 0 Å². The van der Waals surface area contributed by atoms with E-state index in [1.165, 1.54) is 37.9 Å². The first-order valence-corrected chi connectivity index (χ1v) is 7.86. The summed E-state index contributed by atoms with van der Waals surface area (Å²) in [6.07, 6.45) is 4.06. The van der Waals surface area contributed by atoms with Gasteiger partial charge in [-0.2, -0.15) is 9.50 Å². The summed E-state index contributed by atoms with van der Waals surface area (Å²) in [5.74, 6) is 1.80. The Labute approximate surface area is 136 Å². The van der Waals surface area contributed by atoms with Gasteiger partial charge in [-0.15, -0.1) is 17.5 Å². The highest BCUT2D eigenvalue weighted by molar-refractivity contribution is 5.85. The summed E-state index contributed by atoms with van der Waals surface area (Å²) in [5.41, 5.74) is 2.37. The first-order chi connectivity index (χ1) is 10.3. The number of piperidine rings is 1. The number of rotatable bonds is 3. The average Bonchev–Trinajstić information content (AvgIpc) is 3.02. The smallest absolute Gasteiger partial charge is 0.233 e. The number of nitrogens with zero attached hydrogens (tertiary/aromatic N) is 5. The molecule has 1 aromatic carbocycles. The molecule has 3 heterocycles. The van der Waals surface area contributed by atoms with Crippen LogP contribution in [0.3, 0.4) is 0 Å². The number of benzene rings is 1. The van der Waals surface area contributed by atoms with Gasteiger partial charge in [-0.25, -0.2) is 0 Å². The molecule has 1 fully saturated rings. The predicted molar refractivity (Wildman–Crippen MR) is 90.8 cm³/mol. The molecule has 5 nitrogen and oxygen atoms in total. The van der Waals surface area contributed by atoms with E-state index >= 15 is 0 Å². The van der Waals surface area contributed by atoms with E-state index in [4.69, 9.17) is 0 Å². The molecule has 3 aromatic rings. The number of para-hydroxylation sites is 2. The highest BCUT2D eigenvalue weighted by Crippen LogP contribution is 2.20. The summed E-state index contributed by atoms with van der Waals surface area (Å²) >= 11 is 0. The molecule has 0 radical (unpaired) electrons. The van der Waals surface area contributed by atoms with Gasteiger partial charge in [0.05, 0.1) is 11.0 Å². The third-order valence-electron chi connectivity index (χ3n) is 4.43. The lowest BCUT2D eigenvalue weighted by molar-refractivity contribution is 0.222. The monoisotopic (exact) mass is 319 g/mol. The van der Waals surface area contributed by atoms with E-state index in [2.05, 4.69) is 43.8 Å². The van der Waals surface area contributed by atoms with Gasteiger partial charge < -0.3 is 9.47 Å². The number of aromatic nitrogens is 4. The number of halogens is 1. The van der Waals surface area contributed by atoms with Crippen LogP contribution in [0, 0.1) is 6.92 Å². The third-order valence-corrected chi connectivity index (χ3v) is 4.43. The second-order valence-electron chi connectivity index (χ2n) is 5.91. The Morgan fingerprint density at radius 3 is 2.50 bits per heavy atom. The van der Waals surface area contributed by atoms with Crippen LogP contribution in [0.1, 0.15) is 25.1 Å². The van der Waals surface area contributed by atoms with Crippen LogP contribution in [0.15, 0.2) is 24.3 Å². The summed E-state index contributed by atoms with van der Waals surface area (Å²) < 4.78 is 4.28. The normalized spacial score (nSPS) is 16.2. The van der Waals surface area contributed by atoms with Crippen molar-refractivity contribution in [1.82, 2.24) is 24.1 Å². The Morgan fingerprint density at radius 1 is 1.00 bits per heavy atom. The second kappa shape index (κ2) is 6.26. The SMILES string of the molecule is Cc1nc2n(CCN3CCCCC3)c3ccccc3n2n1.Cl. The van der Waals surface area contributed by atoms with Gasteiger partial charge in [0, 0.05) is 13.1 Å². The Hall–Kier alpha value is -1.59. The van der Waals surface area contributed by atoms with Crippen LogP contribution in [0.5, 0.6) is 0 Å². The first kappa shape index (κ1) is 15.3. The number of likely N-dealkylation sites (tertiary alicyclic amines) is 1. The number of hydrogen-bond donors (Lipinski definition) is 0. The van der Waals surface area contributed by atoms with Crippen LogP contribution < -0.4 is 0 Å². The molecule has 1 aliphatic rings. The fraction of sp³-hybridized carbons (Fsp3) is 0.500. The molecule has 1 saturated heterocycles. The largest absolute Gasteiger partial charge is 0.307 e. The van der Waals surface area contributed by atoms with E-state index in [1.807, 2.05) is 11.4 Å². The maximum atomic E-state index is 4.61. The zero-order chi connectivity index (χ0) is 14.2.